The van der Waals surface area contributed by atoms with Crippen LogP contribution in [0.1, 0.15) is 11.1 Å². The molecule has 66 valence electrons. The van der Waals surface area contributed by atoms with Crippen molar-refractivity contribution < 1.29 is 0 Å². The highest BCUT2D eigenvalue weighted by Gasteiger charge is 1.90. The lowest BCUT2D eigenvalue weighted by molar-refractivity contribution is 0.733. The van der Waals surface area contributed by atoms with E-state index in [1.807, 2.05) is 0 Å². The SMILES string of the molecule is Cc1ccc(CNCCS)cc1. The van der Waals surface area contributed by atoms with Gasteiger partial charge in [-0.3, -0.25) is 0 Å². The molecule has 0 saturated carbocycles. The van der Waals surface area contributed by atoms with Crippen LogP contribution in [0.25, 0.3) is 0 Å². The number of benzene rings is 1. The third kappa shape index (κ3) is 3.28. The maximum atomic E-state index is 4.12. The second-order valence-corrected chi connectivity index (χ2v) is 3.33. The van der Waals surface area contributed by atoms with Gasteiger partial charge in [0.25, 0.3) is 0 Å². The molecular formula is C10H15NS. The Morgan fingerprint density at radius 3 is 2.50 bits per heavy atom. The summed E-state index contributed by atoms with van der Waals surface area (Å²) in [6.45, 7) is 4.02. The molecule has 1 aromatic carbocycles. The van der Waals surface area contributed by atoms with Gasteiger partial charge in [-0.15, -0.1) is 0 Å². The summed E-state index contributed by atoms with van der Waals surface area (Å²) in [6.07, 6.45) is 0. The van der Waals surface area contributed by atoms with E-state index in [4.69, 9.17) is 0 Å². The van der Waals surface area contributed by atoms with Crippen molar-refractivity contribution >= 4 is 12.6 Å². The first-order chi connectivity index (χ1) is 5.83. The molecule has 1 rings (SSSR count). The van der Waals surface area contributed by atoms with Crippen LogP contribution >= 0.6 is 12.6 Å². The minimum Gasteiger partial charge on any atom is -0.312 e. The van der Waals surface area contributed by atoms with E-state index in [1.54, 1.807) is 0 Å². The first-order valence-corrected chi connectivity index (χ1v) is 4.83. The fraction of sp³-hybridized carbons (Fsp3) is 0.400. The smallest absolute Gasteiger partial charge is 0.0205 e. The van der Waals surface area contributed by atoms with E-state index in [1.165, 1.54) is 11.1 Å². The first kappa shape index (κ1) is 9.62. The van der Waals surface area contributed by atoms with E-state index in [2.05, 4.69) is 49.1 Å². The molecule has 0 aliphatic rings. The molecule has 0 fully saturated rings. The van der Waals surface area contributed by atoms with Crippen LogP contribution in [-0.4, -0.2) is 12.3 Å². The summed E-state index contributed by atoms with van der Waals surface area (Å²) < 4.78 is 0. The lowest BCUT2D eigenvalue weighted by Gasteiger charge is -2.02. The summed E-state index contributed by atoms with van der Waals surface area (Å²) in [7, 11) is 0. The van der Waals surface area contributed by atoms with Gasteiger partial charge in [0.05, 0.1) is 0 Å². The van der Waals surface area contributed by atoms with Crippen molar-refractivity contribution in [1.82, 2.24) is 5.32 Å². The molecule has 0 amide bonds. The summed E-state index contributed by atoms with van der Waals surface area (Å²) in [5.41, 5.74) is 2.65. The Morgan fingerprint density at radius 1 is 1.25 bits per heavy atom. The van der Waals surface area contributed by atoms with Crippen molar-refractivity contribution in [2.45, 2.75) is 13.5 Å². The molecule has 0 unspecified atom stereocenters. The molecule has 0 heterocycles. The van der Waals surface area contributed by atoms with Crippen molar-refractivity contribution in [2.24, 2.45) is 0 Å². The number of thiol groups is 1. The topological polar surface area (TPSA) is 12.0 Å². The van der Waals surface area contributed by atoms with Crippen LogP contribution in [0, 0.1) is 6.92 Å². The quantitative estimate of drug-likeness (QED) is 0.535. The zero-order chi connectivity index (χ0) is 8.81. The summed E-state index contributed by atoms with van der Waals surface area (Å²) in [5, 5.41) is 3.29. The van der Waals surface area contributed by atoms with Crippen molar-refractivity contribution in [2.75, 3.05) is 12.3 Å². The maximum Gasteiger partial charge on any atom is 0.0205 e. The van der Waals surface area contributed by atoms with Gasteiger partial charge in [0.15, 0.2) is 0 Å². The highest BCUT2D eigenvalue weighted by molar-refractivity contribution is 7.80. The maximum absolute atomic E-state index is 4.12. The van der Waals surface area contributed by atoms with E-state index >= 15 is 0 Å². The van der Waals surface area contributed by atoms with Gasteiger partial charge in [0.2, 0.25) is 0 Å². The summed E-state index contributed by atoms with van der Waals surface area (Å²) >= 11 is 4.12. The van der Waals surface area contributed by atoms with Gasteiger partial charge in [-0.1, -0.05) is 29.8 Å². The first-order valence-electron chi connectivity index (χ1n) is 4.20. The molecular weight excluding hydrogens is 166 g/mol. The summed E-state index contributed by atoms with van der Waals surface area (Å²) in [6, 6.07) is 8.58. The third-order valence-electron chi connectivity index (χ3n) is 1.74. The summed E-state index contributed by atoms with van der Waals surface area (Å²) in [5.74, 6) is 0.895. The van der Waals surface area contributed by atoms with Crippen LogP contribution in [-0.2, 0) is 6.54 Å². The van der Waals surface area contributed by atoms with Crippen LogP contribution in [0.5, 0.6) is 0 Å². The number of hydrogen-bond acceptors (Lipinski definition) is 2. The average Bonchev–Trinajstić information content (AvgIpc) is 2.09. The summed E-state index contributed by atoms with van der Waals surface area (Å²) in [4.78, 5) is 0. The van der Waals surface area contributed by atoms with E-state index in [0.29, 0.717) is 0 Å². The Morgan fingerprint density at radius 2 is 1.92 bits per heavy atom. The van der Waals surface area contributed by atoms with Gasteiger partial charge < -0.3 is 5.32 Å². The van der Waals surface area contributed by atoms with Gasteiger partial charge >= 0.3 is 0 Å². The molecule has 12 heavy (non-hydrogen) atoms. The van der Waals surface area contributed by atoms with Crippen molar-refractivity contribution in [1.29, 1.82) is 0 Å². The van der Waals surface area contributed by atoms with Crippen molar-refractivity contribution in [3.63, 3.8) is 0 Å². The minimum atomic E-state index is 0.895. The van der Waals surface area contributed by atoms with E-state index < -0.39 is 0 Å². The second kappa shape index (κ2) is 5.22. The highest BCUT2D eigenvalue weighted by atomic mass is 32.1. The minimum absolute atomic E-state index is 0.895. The predicted octanol–water partition coefficient (Wildman–Crippen LogP) is 2.01. The molecule has 0 aromatic heterocycles. The zero-order valence-electron chi connectivity index (χ0n) is 7.38. The van der Waals surface area contributed by atoms with Gasteiger partial charge in [0.1, 0.15) is 0 Å². The molecule has 0 radical (unpaired) electrons. The second-order valence-electron chi connectivity index (χ2n) is 2.89. The average molecular weight is 181 g/mol. The van der Waals surface area contributed by atoms with Crippen LogP contribution in [0.4, 0.5) is 0 Å². The van der Waals surface area contributed by atoms with Crippen LogP contribution in [0.3, 0.4) is 0 Å². The largest absolute Gasteiger partial charge is 0.312 e. The number of rotatable bonds is 4. The molecule has 0 aliphatic heterocycles. The van der Waals surface area contributed by atoms with E-state index in [0.717, 1.165) is 18.8 Å². The standard InChI is InChI=1S/C10H15NS/c1-9-2-4-10(5-3-9)8-11-6-7-12/h2-5,11-12H,6-8H2,1H3. The Labute approximate surface area is 79.6 Å². The van der Waals surface area contributed by atoms with Crippen LogP contribution in [0.15, 0.2) is 24.3 Å². The monoisotopic (exact) mass is 181 g/mol. The fourth-order valence-electron chi connectivity index (χ4n) is 1.02. The van der Waals surface area contributed by atoms with Crippen molar-refractivity contribution in [3.8, 4) is 0 Å². The van der Waals surface area contributed by atoms with Crippen LogP contribution < -0.4 is 5.32 Å². The molecule has 1 aromatic rings. The zero-order valence-corrected chi connectivity index (χ0v) is 8.27. The molecule has 0 saturated heterocycles. The van der Waals surface area contributed by atoms with Crippen molar-refractivity contribution in [3.05, 3.63) is 35.4 Å². The molecule has 0 atom stereocenters. The molecule has 2 heteroatoms. The number of nitrogens with one attached hydrogen (secondary N) is 1. The van der Waals surface area contributed by atoms with Gasteiger partial charge in [0, 0.05) is 18.8 Å². The molecule has 1 nitrogen and oxygen atoms in total. The van der Waals surface area contributed by atoms with Gasteiger partial charge in [-0.25, -0.2) is 0 Å². The third-order valence-corrected chi connectivity index (χ3v) is 1.96. The van der Waals surface area contributed by atoms with E-state index in [-0.39, 0.29) is 0 Å². The highest BCUT2D eigenvalue weighted by Crippen LogP contribution is 2.01. The lowest BCUT2D eigenvalue weighted by Crippen LogP contribution is -2.15. The molecule has 1 N–H and O–H groups in total. The van der Waals surface area contributed by atoms with Gasteiger partial charge in [-0.05, 0) is 12.5 Å². The van der Waals surface area contributed by atoms with Crippen LogP contribution in [0.2, 0.25) is 0 Å². The van der Waals surface area contributed by atoms with Gasteiger partial charge in [-0.2, -0.15) is 12.6 Å². The predicted molar refractivity (Wildman–Crippen MR) is 56.7 cm³/mol. The normalized spacial score (nSPS) is 10.2. The Kier molecular flexibility index (Phi) is 4.19. The number of aryl methyl sites for hydroxylation is 1. The Balaban J connectivity index is 2.37. The molecule has 0 aliphatic carbocycles. The van der Waals surface area contributed by atoms with E-state index in [9.17, 15) is 0 Å². The number of hydrogen-bond donors (Lipinski definition) is 2. The molecule has 0 bridgehead atoms. The molecule has 0 spiro atoms. The Bertz CT molecular complexity index is 218. The lowest BCUT2D eigenvalue weighted by atomic mass is 10.1. The fourth-order valence-corrected chi connectivity index (χ4v) is 1.18. The Hall–Kier alpha value is -0.470.